The molecule has 1 aromatic heterocycles. The number of benzene rings is 2. The van der Waals surface area contributed by atoms with E-state index in [-0.39, 0.29) is 5.95 Å². The summed E-state index contributed by atoms with van der Waals surface area (Å²) in [5, 5.41) is 49.6. The lowest BCUT2D eigenvalue weighted by molar-refractivity contribution is -0.0541. The zero-order chi connectivity index (χ0) is 20.6. The molecule has 3 atom stereocenters. The van der Waals surface area contributed by atoms with Crippen LogP contribution in [0.25, 0.3) is 22.5 Å². The normalized spacial score (nSPS) is 14.5. The van der Waals surface area contributed by atoms with E-state index in [9.17, 15) is 15.3 Å². The van der Waals surface area contributed by atoms with Gasteiger partial charge in [-0.1, -0.05) is 60.7 Å². The van der Waals surface area contributed by atoms with Gasteiger partial charge in [0, 0.05) is 11.1 Å². The predicted octanol–water partition coefficient (Wildman–Crippen LogP) is 0.678. The Morgan fingerprint density at radius 3 is 2.03 bits per heavy atom. The number of aliphatic hydroxyl groups excluding tert-OH is 4. The van der Waals surface area contributed by atoms with Crippen molar-refractivity contribution in [1.82, 2.24) is 15.2 Å². The Hall–Kier alpha value is -3.24. The highest BCUT2D eigenvalue weighted by molar-refractivity contribution is 5.78. The minimum Gasteiger partial charge on any atom is -0.394 e. The number of aromatic nitrogens is 3. The SMILES string of the molecule is OC[C@H](O)[C@H](O)[C@@H](O)/C=N/Nc1nnc(-c2ccccc2)c(-c2ccccc2)n1. The number of anilines is 1. The van der Waals surface area contributed by atoms with Crippen LogP contribution in [0.2, 0.25) is 0 Å². The zero-order valence-electron chi connectivity index (χ0n) is 15.4. The molecule has 0 radical (unpaired) electrons. The van der Waals surface area contributed by atoms with E-state index in [0.29, 0.717) is 11.4 Å². The first-order valence-corrected chi connectivity index (χ1v) is 8.90. The van der Waals surface area contributed by atoms with Gasteiger partial charge in [-0.05, 0) is 0 Å². The number of nitrogens with one attached hydrogen (secondary N) is 1. The summed E-state index contributed by atoms with van der Waals surface area (Å²) in [4.78, 5) is 4.48. The lowest BCUT2D eigenvalue weighted by Gasteiger charge is -2.17. The molecular weight excluding hydrogens is 374 g/mol. The molecule has 0 unspecified atom stereocenters. The Morgan fingerprint density at radius 2 is 1.45 bits per heavy atom. The van der Waals surface area contributed by atoms with Crippen LogP contribution in [-0.4, -0.2) is 66.7 Å². The van der Waals surface area contributed by atoms with Gasteiger partial charge < -0.3 is 20.4 Å². The summed E-state index contributed by atoms with van der Waals surface area (Å²) in [6.45, 7) is -0.687. The Labute approximate surface area is 167 Å². The first-order valence-electron chi connectivity index (χ1n) is 8.90. The quantitative estimate of drug-likeness (QED) is 0.277. The van der Waals surface area contributed by atoms with Crippen LogP contribution in [-0.2, 0) is 0 Å². The van der Waals surface area contributed by atoms with Gasteiger partial charge in [0.2, 0.25) is 0 Å². The molecule has 3 aromatic rings. The first-order chi connectivity index (χ1) is 14.1. The second kappa shape index (κ2) is 9.80. The highest BCUT2D eigenvalue weighted by Crippen LogP contribution is 2.28. The van der Waals surface area contributed by atoms with Gasteiger partial charge in [-0.25, -0.2) is 10.4 Å². The fourth-order valence-corrected chi connectivity index (χ4v) is 2.56. The number of hydrogen-bond donors (Lipinski definition) is 5. The first kappa shape index (κ1) is 20.5. The lowest BCUT2D eigenvalue weighted by Crippen LogP contribution is -2.40. The Kier molecular flexibility index (Phi) is 6.93. The van der Waals surface area contributed by atoms with Crippen molar-refractivity contribution in [3.8, 4) is 22.5 Å². The maximum Gasteiger partial charge on any atom is 0.263 e. The molecule has 0 aliphatic rings. The number of aliphatic hydroxyl groups is 4. The molecular formula is C20H21N5O4. The fourth-order valence-electron chi connectivity index (χ4n) is 2.56. The molecule has 29 heavy (non-hydrogen) atoms. The van der Waals surface area contributed by atoms with E-state index in [1.54, 1.807) is 0 Å². The molecule has 0 aliphatic carbocycles. The van der Waals surface area contributed by atoms with E-state index in [1.165, 1.54) is 0 Å². The monoisotopic (exact) mass is 395 g/mol. The second-order valence-electron chi connectivity index (χ2n) is 6.19. The summed E-state index contributed by atoms with van der Waals surface area (Å²) < 4.78 is 0. The summed E-state index contributed by atoms with van der Waals surface area (Å²) in [6, 6.07) is 19.0. The number of hydrogen-bond acceptors (Lipinski definition) is 9. The van der Waals surface area contributed by atoms with Crippen LogP contribution in [0, 0.1) is 0 Å². The molecule has 0 amide bonds. The van der Waals surface area contributed by atoms with Crippen LogP contribution >= 0.6 is 0 Å². The largest absolute Gasteiger partial charge is 0.394 e. The van der Waals surface area contributed by atoms with Crippen molar-refractivity contribution in [2.24, 2.45) is 5.10 Å². The van der Waals surface area contributed by atoms with Crippen molar-refractivity contribution in [3.63, 3.8) is 0 Å². The van der Waals surface area contributed by atoms with E-state index in [4.69, 9.17) is 5.11 Å². The summed E-state index contributed by atoms with van der Waals surface area (Å²) in [5.74, 6) is 0.0872. The summed E-state index contributed by atoms with van der Waals surface area (Å²) in [6.07, 6.45) is -3.58. The standard InChI is InChI=1S/C20H21N5O4/c26-12-16(28)19(29)15(27)11-21-24-20-22-17(13-7-3-1-4-8-13)18(23-25-20)14-9-5-2-6-10-14/h1-11,15-16,19,26-29H,12H2,(H,22,24,25)/b21-11+/t15-,16-,19+/m0/s1. The Balaban J connectivity index is 1.85. The molecule has 9 nitrogen and oxygen atoms in total. The van der Waals surface area contributed by atoms with Crippen LogP contribution in [0.15, 0.2) is 65.8 Å². The van der Waals surface area contributed by atoms with Gasteiger partial charge in [-0.3, -0.25) is 0 Å². The summed E-state index contributed by atoms with van der Waals surface area (Å²) >= 11 is 0. The molecule has 0 fully saturated rings. The highest BCUT2D eigenvalue weighted by atomic mass is 16.4. The molecule has 5 N–H and O–H groups in total. The van der Waals surface area contributed by atoms with Crippen LogP contribution in [0.4, 0.5) is 5.95 Å². The molecule has 1 heterocycles. The van der Waals surface area contributed by atoms with Crippen LogP contribution in [0.3, 0.4) is 0 Å². The van der Waals surface area contributed by atoms with Crippen molar-refractivity contribution in [2.75, 3.05) is 12.0 Å². The van der Waals surface area contributed by atoms with Crippen molar-refractivity contribution in [3.05, 3.63) is 60.7 Å². The number of nitrogens with zero attached hydrogens (tertiary/aromatic N) is 4. The molecule has 150 valence electrons. The maximum atomic E-state index is 9.76. The molecule has 0 bridgehead atoms. The van der Waals surface area contributed by atoms with E-state index in [1.807, 2.05) is 60.7 Å². The minimum absolute atomic E-state index is 0.0872. The molecule has 0 saturated heterocycles. The van der Waals surface area contributed by atoms with Gasteiger partial charge in [0.25, 0.3) is 5.95 Å². The smallest absolute Gasteiger partial charge is 0.263 e. The fraction of sp³-hybridized carbons (Fsp3) is 0.200. The van der Waals surface area contributed by atoms with E-state index in [0.717, 1.165) is 17.3 Å². The van der Waals surface area contributed by atoms with Gasteiger partial charge in [-0.15, -0.1) is 10.2 Å². The van der Waals surface area contributed by atoms with Crippen molar-refractivity contribution in [2.45, 2.75) is 18.3 Å². The van der Waals surface area contributed by atoms with E-state index in [2.05, 4.69) is 25.7 Å². The Bertz CT molecular complexity index is 940. The van der Waals surface area contributed by atoms with Gasteiger partial charge in [0.1, 0.15) is 29.7 Å². The van der Waals surface area contributed by atoms with Crippen LogP contribution in [0.1, 0.15) is 0 Å². The van der Waals surface area contributed by atoms with Crippen molar-refractivity contribution < 1.29 is 20.4 Å². The predicted molar refractivity (Wildman–Crippen MR) is 108 cm³/mol. The van der Waals surface area contributed by atoms with Gasteiger partial charge in [-0.2, -0.15) is 5.10 Å². The lowest BCUT2D eigenvalue weighted by atomic mass is 10.0. The van der Waals surface area contributed by atoms with Crippen LogP contribution in [0.5, 0.6) is 0 Å². The molecule has 0 saturated carbocycles. The van der Waals surface area contributed by atoms with Crippen molar-refractivity contribution >= 4 is 12.2 Å². The maximum absolute atomic E-state index is 9.76. The summed E-state index contributed by atoms with van der Waals surface area (Å²) in [5.41, 5.74) is 5.45. The molecule has 2 aromatic carbocycles. The highest BCUT2D eigenvalue weighted by Gasteiger charge is 2.22. The third kappa shape index (κ3) is 5.18. The average molecular weight is 395 g/mol. The van der Waals surface area contributed by atoms with Crippen molar-refractivity contribution in [1.29, 1.82) is 0 Å². The Morgan fingerprint density at radius 1 is 0.862 bits per heavy atom. The molecule has 0 aliphatic heterocycles. The topological polar surface area (TPSA) is 144 Å². The number of rotatable bonds is 8. The van der Waals surface area contributed by atoms with Gasteiger partial charge in [0.05, 0.1) is 12.8 Å². The average Bonchev–Trinajstić information content (AvgIpc) is 2.79. The number of hydrazone groups is 1. The van der Waals surface area contributed by atoms with Gasteiger partial charge in [0.15, 0.2) is 0 Å². The third-order valence-corrected chi connectivity index (χ3v) is 4.10. The van der Waals surface area contributed by atoms with E-state index >= 15 is 0 Å². The summed E-state index contributed by atoms with van der Waals surface area (Å²) in [7, 11) is 0. The second-order valence-corrected chi connectivity index (χ2v) is 6.19. The van der Waals surface area contributed by atoms with Gasteiger partial charge >= 0.3 is 0 Å². The van der Waals surface area contributed by atoms with E-state index < -0.39 is 24.9 Å². The minimum atomic E-state index is -1.58. The zero-order valence-corrected chi connectivity index (χ0v) is 15.4. The molecule has 3 rings (SSSR count). The molecule has 9 heteroatoms. The van der Waals surface area contributed by atoms with Crippen LogP contribution < -0.4 is 5.43 Å². The third-order valence-electron chi connectivity index (χ3n) is 4.10. The molecule has 0 spiro atoms.